The highest BCUT2D eigenvalue weighted by molar-refractivity contribution is 5.95. The maximum atomic E-state index is 12.9. The van der Waals surface area contributed by atoms with Crippen molar-refractivity contribution in [1.82, 2.24) is 15.0 Å². The molecule has 1 aliphatic carbocycles. The van der Waals surface area contributed by atoms with E-state index in [-0.39, 0.29) is 18.2 Å². The van der Waals surface area contributed by atoms with Crippen LogP contribution in [0.3, 0.4) is 0 Å². The average molecular weight is 369 g/mol. The number of carboxylic acids is 1. The first kappa shape index (κ1) is 17.7. The summed E-state index contributed by atoms with van der Waals surface area (Å²) in [5.41, 5.74) is 1.38. The monoisotopic (exact) mass is 369 g/mol. The lowest BCUT2D eigenvalue weighted by Crippen LogP contribution is -2.40. The highest BCUT2D eigenvalue weighted by atomic mass is 16.5. The molecule has 1 N–H and O–H groups in total. The van der Waals surface area contributed by atoms with Gasteiger partial charge >= 0.3 is 5.97 Å². The normalized spacial score (nSPS) is 19.9. The van der Waals surface area contributed by atoms with Crippen LogP contribution in [0.15, 0.2) is 28.8 Å². The lowest BCUT2D eigenvalue weighted by molar-refractivity contribution is -0.137. The Morgan fingerprint density at radius 1 is 1.26 bits per heavy atom. The second-order valence-corrected chi connectivity index (χ2v) is 7.50. The topological polar surface area (TPSA) is 96.5 Å². The summed E-state index contributed by atoms with van der Waals surface area (Å²) in [7, 11) is 0. The van der Waals surface area contributed by atoms with Crippen molar-refractivity contribution in [3.05, 3.63) is 35.7 Å². The molecular formula is C20H23N3O4. The molecular weight excluding hydrogens is 346 g/mol. The van der Waals surface area contributed by atoms with Gasteiger partial charge in [0.15, 0.2) is 0 Å². The number of nitrogens with zero attached hydrogens (tertiary/aromatic N) is 3. The van der Waals surface area contributed by atoms with Crippen LogP contribution in [-0.4, -0.2) is 45.1 Å². The molecule has 27 heavy (non-hydrogen) atoms. The molecule has 2 aliphatic rings. The molecule has 4 rings (SSSR count). The summed E-state index contributed by atoms with van der Waals surface area (Å²) in [6.45, 7) is 1.32. The first-order valence-corrected chi connectivity index (χ1v) is 9.55. The van der Waals surface area contributed by atoms with Crippen molar-refractivity contribution < 1.29 is 19.2 Å². The molecule has 2 aromatic rings. The molecule has 1 aromatic carbocycles. The number of carbonyl (C=O) groups excluding carboxylic acids is 1. The van der Waals surface area contributed by atoms with E-state index in [4.69, 9.17) is 9.63 Å². The van der Waals surface area contributed by atoms with Crippen LogP contribution in [0.5, 0.6) is 0 Å². The summed E-state index contributed by atoms with van der Waals surface area (Å²) in [5, 5.41) is 12.9. The number of carboxylic acid groups (broad SMARTS) is 1. The van der Waals surface area contributed by atoms with E-state index in [1.807, 2.05) is 23.1 Å². The smallest absolute Gasteiger partial charge is 0.303 e. The fourth-order valence-corrected chi connectivity index (χ4v) is 3.64. The highest BCUT2D eigenvalue weighted by Crippen LogP contribution is 2.39. The molecule has 7 heteroatoms. The SMILES string of the molecule is O=C(O)CC[C@H]1CCCN(C(=O)c2cccc(-c3noc(C4CC4)n3)c2)C1. The van der Waals surface area contributed by atoms with Crippen LogP contribution >= 0.6 is 0 Å². The Balaban J connectivity index is 1.45. The van der Waals surface area contributed by atoms with Gasteiger partial charge in [-0.1, -0.05) is 17.3 Å². The van der Waals surface area contributed by atoms with Crippen LogP contribution in [-0.2, 0) is 4.79 Å². The lowest BCUT2D eigenvalue weighted by Gasteiger charge is -2.32. The number of benzene rings is 1. The molecule has 7 nitrogen and oxygen atoms in total. The quantitative estimate of drug-likeness (QED) is 0.839. The van der Waals surface area contributed by atoms with E-state index in [0.29, 0.717) is 42.7 Å². The van der Waals surface area contributed by atoms with Gasteiger partial charge in [-0.05, 0) is 50.2 Å². The predicted molar refractivity (Wildman–Crippen MR) is 97.2 cm³/mol. The predicted octanol–water partition coefficient (Wildman–Crippen LogP) is 3.33. The van der Waals surface area contributed by atoms with Gasteiger partial charge in [0.1, 0.15) is 0 Å². The van der Waals surface area contributed by atoms with E-state index in [1.165, 1.54) is 0 Å². The summed E-state index contributed by atoms with van der Waals surface area (Å²) in [6, 6.07) is 7.32. The second-order valence-electron chi connectivity index (χ2n) is 7.50. The van der Waals surface area contributed by atoms with Gasteiger partial charge in [-0.3, -0.25) is 9.59 Å². The standard InChI is InChI=1S/C20H23N3O4/c24-17(25)9-6-13-3-2-10-23(12-13)20(26)16-5-1-4-15(11-16)18-21-19(27-22-18)14-7-8-14/h1,4-5,11,13-14H,2-3,6-10,12H2,(H,24,25)/t13-/m1/s1. The van der Waals surface area contributed by atoms with E-state index in [2.05, 4.69) is 10.1 Å². The number of rotatable bonds is 6. The van der Waals surface area contributed by atoms with Crippen LogP contribution in [0.25, 0.3) is 11.4 Å². The van der Waals surface area contributed by atoms with E-state index in [9.17, 15) is 9.59 Å². The van der Waals surface area contributed by atoms with Gasteiger partial charge in [0.05, 0.1) is 0 Å². The maximum absolute atomic E-state index is 12.9. The van der Waals surface area contributed by atoms with Crippen molar-refractivity contribution in [3.63, 3.8) is 0 Å². The van der Waals surface area contributed by atoms with Crippen molar-refractivity contribution in [2.45, 2.75) is 44.4 Å². The average Bonchev–Trinajstić information content (AvgIpc) is 3.43. The van der Waals surface area contributed by atoms with Crippen LogP contribution in [0.1, 0.15) is 60.7 Å². The second kappa shape index (κ2) is 7.50. The lowest BCUT2D eigenvalue weighted by atomic mass is 9.93. The van der Waals surface area contributed by atoms with Crippen molar-refractivity contribution >= 4 is 11.9 Å². The van der Waals surface area contributed by atoms with E-state index < -0.39 is 5.97 Å². The van der Waals surface area contributed by atoms with Crippen LogP contribution in [0, 0.1) is 5.92 Å². The zero-order chi connectivity index (χ0) is 18.8. The Labute approximate surface area is 157 Å². The van der Waals surface area contributed by atoms with Gasteiger partial charge in [-0.2, -0.15) is 4.98 Å². The molecule has 1 saturated carbocycles. The van der Waals surface area contributed by atoms with E-state index in [0.717, 1.165) is 31.2 Å². The fourth-order valence-electron chi connectivity index (χ4n) is 3.64. The number of hydrogen-bond acceptors (Lipinski definition) is 5. The van der Waals surface area contributed by atoms with Crippen molar-refractivity contribution in [3.8, 4) is 11.4 Å². The number of aromatic nitrogens is 2. The van der Waals surface area contributed by atoms with Gasteiger partial charge in [0.25, 0.3) is 5.91 Å². The Morgan fingerprint density at radius 3 is 2.89 bits per heavy atom. The van der Waals surface area contributed by atoms with Gasteiger partial charge in [0, 0.05) is 36.6 Å². The molecule has 2 fully saturated rings. The summed E-state index contributed by atoms with van der Waals surface area (Å²) in [5.74, 6) is 1.04. The van der Waals surface area contributed by atoms with Crippen LogP contribution in [0.4, 0.5) is 0 Å². The van der Waals surface area contributed by atoms with Gasteiger partial charge in [0.2, 0.25) is 11.7 Å². The first-order chi connectivity index (χ1) is 13.1. The molecule has 0 bridgehead atoms. The molecule has 0 spiro atoms. The molecule has 2 heterocycles. The molecule has 1 saturated heterocycles. The summed E-state index contributed by atoms with van der Waals surface area (Å²) in [4.78, 5) is 30.0. The van der Waals surface area contributed by atoms with Crippen molar-refractivity contribution in [2.24, 2.45) is 5.92 Å². The van der Waals surface area contributed by atoms with Gasteiger partial charge < -0.3 is 14.5 Å². The first-order valence-electron chi connectivity index (χ1n) is 9.55. The summed E-state index contributed by atoms with van der Waals surface area (Å²) >= 11 is 0. The van der Waals surface area contributed by atoms with Gasteiger partial charge in [-0.15, -0.1) is 0 Å². The van der Waals surface area contributed by atoms with E-state index >= 15 is 0 Å². The van der Waals surface area contributed by atoms with Crippen molar-refractivity contribution in [1.29, 1.82) is 0 Å². The van der Waals surface area contributed by atoms with Crippen LogP contribution in [0.2, 0.25) is 0 Å². The number of amides is 1. The number of carbonyl (C=O) groups is 2. The summed E-state index contributed by atoms with van der Waals surface area (Å²) < 4.78 is 5.32. The summed E-state index contributed by atoms with van der Waals surface area (Å²) in [6.07, 6.45) is 4.85. The van der Waals surface area contributed by atoms with Gasteiger partial charge in [-0.25, -0.2) is 0 Å². The van der Waals surface area contributed by atoms with Crippen LogP contribution < -0.4 is 0 Å². The minimum absolute atomic E-state index is 0.0252. The molecule has 0 unspecified atom stereocenters. The molecule has 1 aromatic heterocycles. The number of piperidine rings is 1. The Morgan fingerprint density at radius 2 is 2.11 bits per heavy atom. The highest BCUT2D eigenvalue weighted by Gasteiger charge is 2.30. The molecule has 1 aliphatic heterocycles. The number of hydrogen-bond donors (Lipinski definition) is 1. The molecule has 142 valence electrons. The Hall–Kier alpha value is -2.70. The third kappa shape index (κ3) is 4.18. The minimum atomic E-state index is -0.781. The third-order valence-electron chi connectivity index (χ3n) is 5.31. The Kier molecular flexibility index (Phi) is 4.92. The van der Waals surface area contributed by atoms with E-state index in [1.54, 1.807) is 6.07 Å². The zero-order valence-electron chi connectivity index (χ0n) is 15.1. The minimum Gasteiger partial charge on any atom is -0.481 e. The number of likely N-dealkylation sites (tertiary alicyclic amines) is 1. The zero-order valence-corrected chi connectivity index (χ0v) is 15.1. The fraction of sp³-hybridized carbons (Fsp3) is 0.500. The Bertz CT molecular complexity index is 843. The van der Waals surface area contributed by atoms with Crippen molar-refractivity contribution in [2.75, 3.05) is 13.1 Å². The molecule has 1 amide bonds. The molecule has 1 atom stereocenters. The number of aliphatic carboxylic acids is 1. The largest absolute Gasteiger partial charge is 0.481 e. The third-order valence-corrected chi connectivity index (χ3v) is 5.31. The molecule has 0 radical (unpaired) electrons. The maximum Gasteiger partial charge on any atom is 0.303 e.